The molecule has 33 heavy (non-hydrogen) atoms. The molecule has 0 radical (unpaired) electrons. The van der Waals surface area contributed by atoms with Gasteiger partial charge in [0.1, 0.15) is 11.5 Å². The van der Waals surface area contributed by atoms with Crippen LogP contribution in [0, 0.1) is 0 Å². The van der Waals surface area contributed by atoms with E-state index in [1.54, 1.807) is 45.6 Å². The quantitative estimate of drug-likeness (QED) is 0.371. The molecule has 0 spiro atoms. The van der Waals surface area contributed by atoms with Crippen molar-refractivity contribution in [1.29, 1.82) is 0 Å². The van der Waals surface area contributed by atoms with Crippen molar-refractivity contribution in [2.24, 2.45) is 4.99 Å². The van der Waals surface area contributed by atoms with Gasteiger partial charge in [0.05, 0.1) is 31.0 Å². The third-order valence-electron chi connectivity index (χ3n) is 4.98. The average molecular weight is 465 g/mol. The third kappa shape index (κ3) is 5.08. The zero-order valence-electron chi connectivity index (χ0n) is 18.6. The van der Waals surface area contributed by atoms with E-state index in [0.717, 1.165) is 16.0 Å². The molecule has 1 heterocycles. The largest absolute Gasteiger partial charge is 0.493 e. The lowest BCUT2D eigenvalue weighted by molar-refractivity contribution is 0.0997. The van der Waals surface area contributed by atoms with Crippen LogP contribution in [0.5, 0.6) is 23.0 Å². The highest BCUT2D eigenvalue weighted by atomic mass is 32.1. The summed E-state index contributed by atoms with van der Waals surface area (Å²) in [5.41, 5.74) is 1.37. The van der Waals surface area contributed by atoms with E-state index in [1.165, 1.54) is 11.3 Å². The third-order valence-corrected chi connectivity index (χ3v) is 6.03. The molecule has 0 unspecified atom stereocenters. The number of thiazole rings is 1. The number of fused-ring (bicyclic) bond motifs is 1. The smallest absolute Gasteiger partial charge is 0.279 e. The first-order valence-corrected chi connectivity index (χ1v) is 11.1. The van der Waals surface area contributed by atoms with E-state index >= 15 is 0 Å². The maximum absolute atomic E-state index is 12.9. The van der Waals surface area contributed by atoms with E-state index in [1.807, 2.05) is 47.0 Å². The SMILES string of the molecule is COCCn1c(=NC(=O)c2ccc(Oc3ccccc3)cc2)sc2cc(OC)c(OC)cc21. The summed E-state index contributed by atoms with van der Waals surface area (Å²) in [5, 5.41) is 0. The molecule has 1 aromatic heterocycles. The van der Waals surface area contributed by atoms with Crippen LogP contribution in [0.4, 0.5) is 0 Å². The summed E-state index contributed by atoms with van der Waals surface area (Å²) in [5.74, 6) is 2.28. The molecule has 7 nitrogen and oxygen atoms in total. The number of aromatic nitrogens is 1. The van der Waals surface area contributed by atoms with E-state index < -0.39 is 0 Å². The van der Waals surface area contributed by atoms with Gasteiger partial charge < -0.3 is 23.5 Å². The Hall–Kier alpha value is -3.62. The monoisotopic (exact) mass is 464 g/mol. The highest BCUT2D eigenvalue weighted by Crippen LogP contribution is 2.33. The molecular formula is C25H24N2O5S. The lowest BCUT2D eigenvalue weighted by Gasteiger charge is -2.09. The molecular weight excluding hydrogens is 440 g/mol. The second-order valence-electron chi connectivity index (χ2n) is 7.06. The number of para-hydroxylation sites is 1. The molecule has 0 aliphatic carbocycles. The number of carbonyl (C=O) groups excluding carboxylic acids is 1. The Balaban J connectivity index is 1.67. The number of carbonyl (C=O) groups is 1. The minimum Gasteiger partial charge on any atom is -0.493 e. The molecule has 4 rings (SSSR count). The van der Waals surface area contributed by atoms with Crippen LogP contribution < -0.4 is 19.0 Å². The first-order chi connectivity index (χ1) is 16.1. The highest BCUT2D eigenvalue weighted by Gasteiger charge is 2.14. The van der Waals surface area contributed by atoms with Crippen LogP contribution in [0.1, 0.15) is 10.4 Å². The average Bonchev–Trinajstić information content (AvgIpc) is 3.18. The Morgan fingerprint density at radius 1 is 0.909 bits per heavy atom. The van der Waals surface area contributed by atoms with Crippen LogP contribution in [0.25, 0.3) is 10.2 Å². The van der Waals surface area contributed by atoms with Gasteiger partial charge in [0.25, 0.3) is 5.91 Å². The van der Waals surface area contributed by atoms with Gasteiger partial charge in [-0.1, -0.05) is 29.5 Å². The summed E-state index contributed by atoms with van der Waals surface area (Å²) in [7, 11) is 4.82. The van der Waals surface area contributed by atoms with Gasteiger partial charge >= 0.3 is 0 Å². The second-order valence-corrected chi connectivity index (χ2v) is 8.07. The van der Waals surface area contributed by atoms with E-state index in [2.05, 4.69) is 4.99 Å². The van der Waals surface area contributed by atoms with Crippen LogP contribution in [0.15, 0.2) is 71.7 Å². The van der Waals surface area contributed by atoms with Crippen molar-refractivity contribution in [1.82, 2.24) is 4.57 Å². The summed E-state index contributed by atoms with van der Waals surface area (Å²) >= 11 is 1.41. The summed E-state index contributed by atoms with van der Waals surface area (Å²) in [4.78, 5) is 17.9. The van der Waals surface area contributed by atoms with Gasteiger partial charge in [-0.25, -0.2) is 0 Å². The molecule has 0 aliphatic heterocycles. The van der Waals surface area contributed by atoms with Crippen molar-refractivity contribution in [2.45, 2.75) is 6.54 Å². The van der Waals surface area contributed by atoms with E-state index in [9.17, 15) is 4.79 Å². The fourth-order valence-corrected chi connectivity index (χ4v) is 4.39. The molecule has 0 saturated carbocycles. The Morgan fingerprint density at radius 2 is 1.58 bits per heavy atom. The van der Waals surface area contributed by atoms with Crippen molar-refractivity contribution in [3.05, 3.63) is 77.1 Å². The van der Waals surface area contributed by atoms with Crippen molar-refractivity contribution in [3.8, 4) is 23.0 Å². The van der Waals surface area contributed by atoms with Gasteiger partial charge in [-0.2, -0.15) is 4.99 Å². The first-order valence-electron chi connectivity index (χ1n) is 10.3. The van der Waals surface area contributed by atoms with Crippen molar-refractivity contribution < 1.29 is 23.7 Å². The summed E-state index contributed by atoms with van der Waals surface area (Å²) in [6, 6.07) is 20.2. The predicted octanol–water partition coefficient (Wildman–Crippen LogP) is 4.90. The summed E-state index contributed by atoms with van der Waals surface area (Å²) in [6.07, 6.45) is 0. The molecule has 3 aromatic carbocycles. The Kier molecular flexibility index (Phi) is 7.07. The van der Waals surface area contributed by atoms with E-state index in [-0.39, 0.29) is 5.91 Å². The van der Waals surface area contributed by atoms with Crippen molar-refractivity contribution in [3.63, 3.8) is 0 Å². The normalized spacial score (nSPS) is 11.5. The Morgan fingerprint density at radius 3 is 2.24 bits per heavy atom. The zero-order chi connectivity index (χ0) is 23.2. The molecule has 0 aliphatic rings. The number of hydrogen-bond acceptors (Lipinski definition) is 6. The lowest BCUT2D eigenvalue weighted by Crippen LogP contribution is -2.19. The fourth-order valence-electron chi connectivity index (χ4n) is 3.32. The van der Waals surface area contributed by atoms with Crippen LogP contribution >= 0.6 is 11.3 Å². The Bertz CT molecular complexity index is 1310. The van der Waals surface area contributed by atoms with Gasteiger partial charge in [-0.05, 0) is 36.4 Å². The number of rotatable bonds is 8. The molecule has 0 bridgehead atoms. The van der Waals surface area contributed by atoms with E-state index in [0.29, 0.717) is 40.8 Å². The maximum atomic E-state index is 12.9. The molecule has 170 valence electrons. The number of methoxy groups -OCH3 is 3. The summed E-state index contributed by atoms with van der Waals surface area (Å²) < 4.78 is 24.8. The molecule has 8 heteroatoms. The molecule has 4 aromatic rings. The minimum absolute atomic E-state index is 0.335. The fraction of sp³-hybridized carbons (Fsp3) is 0.200. The zero-order valence-corrected chi connectivity index (χ0v) is 19.4. The number of ether oxygens (including phenoxy) is 4. The molecule has 1 amide bonds. The number of nitrogens with zero attached hydrogens (tertiary/aromatic N) is 2. The topological polar surface area (TPSA) is 71.3 Å². The van der Waals surface area contributed by atoms with Crippen molar-refractivity contribution in [2.75, 3.05) is 27.9 Å². The number of amides is 1. The minimum atomic E-state index is -0.335. The molecule has 0 fully saturated rings. The first kappa shape index (κ1) is 22.6. The van der Waals surface area contributed by atoms with Gasteiger partial charge in [-0.3, -0.25) is 4.79 Å². The van der Waals surface area contributed by atoms with Crippen LogP contribution in [0.3, 0.4) is 0 Å². The maximum Gasteiger partial charge on any atom is 0.279 e. The van der Waals surface area contributed by atoms with Crippen LogP contribution in [-0.2, 0) is 11.3 Å². The highest BCUT2D eigenvalue weighted by molar-refractivity contribution is 7.16. The standard InChI is InChI=1S/C25H24N2O5S/c1-29-14-13-27-20-15-21(30-2)22(31-3)16-23(20)33-25(27)26-24(28)17-9-11-19(12-10-17)32-18-7-5-4-6-8-18/h4-12,15-16H,13-14H2,1-3H3. The molecule has 0 N–H and O–H groups in total. The number of hydrogen-bond donors (Lipinski definition) is 0. The molecule has 0 atom stereocenters. The van der Waals surface area contributed by atoms with Gasteiger partial charge in [-0.15, -0.1) is 0 Å². The predicted molar refractivity (Wildman–Crippen MR) is 128 cm³/mol. The van der Waals surface area contributed by atoms with Gasteiger partial charge in [0.15, 0.2) is 16.3 Å². The number of benzene rings is 3. The van der Waals surface area contributed by atoms with Crippen LogP contribution in [0.2, 0.25) is 0 Å². The molecule has 0 saturated heterocycles. The van der Waals surface area contributed by atoms with Crippen LogP contribution in [-0.4, -0.2) is 38.4 Å². The van der Waals surface area contributed by atoms with Gasteiger partial charge in [0, 0.05) is 31.4 Å². The van der Waals surface area contributed by atoms with E-state index in [4.69, 9.17) is 18.9 Å². The lowest BCUT2D eigenvalue weighted by atomic mass is 10.2. The summed E-state index contributed by atoms with van der Waals surface area (Å²) in [6.45, 7) is 1.02. The van der Waals surface area contributed by atoms with Gasteiger partial charge in [0.2, 0.25) is 0 Å². The Labute approximate surface area is 195 Å². The van der Waals surface area contributed by atoms with Crippen molar-refractivity contribution >= 4 is 27.5 Å². The second kappa shape index (κ2) is 10.3.